The zero-order valence-electron chi connectivity index (χ0n) is 18.4. The molecule has 0 bridgehead atoms. The van der Waals surface area contributed by atoms with Crippen LogP contribution in [0.1, 0.15) is 19.3 Å². The maximum Gasteiger partial charge on any atom is 0.243 e. The van der Waals surface area contributed by atoms with E-state index in [1.54, 1.807) is 28.6 Å². The summed E-state index contributed by atoms with van der Waals surface area (Å²) in [5, 5.41) is 3.55. The summed E-state index contributed by atoms with van der Waals surface area (Å²) in [6, 6.07) is 9.32. The third-order valence-electron chi connectivity index (χ3n) is 6.74. The molecule has 3 saturated heterocycles. The summed E-state index contributed by atoms with van der Waals surface area (Å²) < 4.78 is 32.7. The second kappa shape index (κ2) is 10.3. The quantitative estimate of drug-likeness (QED) is 0.535. The minimum atomic E-state index is -3.38. The molecule has 0 aliphatic carbocycles. The van der Waals surface area contributed by atoms with Gasteiger partial charge in [-0.25, -0.2) is 8.42 Å². The van der Waals surface area contributed by atoms with Gasteiger partial charge in [0.25, 0.3) is 0 Å². The normalized spacial score (nSPS) is 25.1. The van der Waals surface area contributed by atoms with E-state index in [1.165, 1.54) is 0 Å². The van der Waals surface area contributed by atoms with Gasteiger partial charge in [0.1, 0.15) is 0 Å². The van der Waals surface area contributed by atoms with Crippen LogP contribution in [0.25, 0.3) is 0 Å². The Hall–Kier alpha value is -1.68. The molecule has 1 atom stereocenters. The lowest BCUT2D eigenvalue weighted by molar-refractivity contribution is 0.0195. The van der Waals surface area contributed by atoms with Crippen LogP contribution in [0, 0.1) is 5.92 Å². The largest absolute Gasteiger partial charge is 0.379 e. The van der Waals surface area contributed by atoms with Crippen molar-refractivity contribution in [3.63, 3.8) is 0 Å². The van der Waals surface area contributed by atoms with E-state index in [2.05, 4.69) is 20.1 Å². The number of morpholine rings is 1. The number of sulfonamides is 1. The Morgan fingerprint density at radius 1 is 1.06 bits per heavy atom. The van der Waals surface area contributed by atoms with Crippen molar-refractivity contribution in [2.24, 2.45) is 10.9 Å². The van der Waals surface area contributed by atoms with Crippen molar-refractivity contribution in [1.82, 2.24) is 19.4 Å². The van der Waals surface area contributed by atoms with Crippen LogP contribution in [0.5, 0.6) is 0 Å². The van der Waals surface area contributed by atoms with Crippen molar-refractivity contribution < 1.29 is 13.2 Å². The van der Waals surface area contributed by atoms with Crippen molar-refractivity contribution in [1.29, 1.82) is 0 Å². The second-order valence-corrected chi connectivity index (χ2v) is 10.6. The van der Waals surface area contributed by atoms with Gasteiger partial charge in [0.2, 0.25) is 10.0 Å². The number of hydrogen-bond donors (Lipinski definition) is 1. The lowest BCUT2D eigenvalue weighted by Crippen LogP contribution is -2.48. The van der Waals surface area contributed by atoms with Gasteiger partial charge in [-0.2, -0.15) is 4.31 Å². The molecule has 0 amide bonds. The molecule has 3 aliphatic rings. The van der Waals surface area contributed by atoms with E-state index in [9.17, 15) is 8.42 Å². The Morgan fingerprint density at radius 2 is 1.77 bits per heavy atom. The molecule has 1 aromatic carbocycles. The van der Waals surface area contributed by atoms with Gasteiger partial charge in [0, 0.05) is 58.9 Å². The smallest absolute Gasteiger partial charge is 0.243 e. The average molecular weight is 450 g/mol. The first kappa shape index (κ1) is 22.5. The minimum absolute atomic E-state index is 0.385. The van der Waals surface area contributed by atoms with Crippen molar-refractivity contribution in [3.05, 3.63) is 30.3 Å². The topological polar surface area (TPSA) is 77.5 Å². The van der Waals surface area contributed by atoms with Gasteiger partial charge in [-0.3, -0.25) is 9.89 Å². The summed E-state index contributed by atoms with van der Waals surface area (Å²) in [5.74, 6) is 1.42. The molecule has 0 saturated carbocycles. The molecule has 8 nitrogen and oxygen atoms in total. The highest BCUT2D eigenvalue weighted by molar-refractivity contribution is 7.89. The lowest BCUT2D eigenvalue weighted by atomic mass is 9.98. The summed E-state index contributed by atoms with van der Waals surface area (Å²) in [6.07, 6.45) is 2.90. The molecule has 1 N–H and O–H groups in total. The van der Waals surface area contributed by atoms with Crippen molar-refractivity contribution in [2.45, 2.75) is 30.2 Å². The van der Waals surface area contributed by atoms with E-state index in [1.807, 2.05) is 13.1 Å². The molecule has 3 fully saturated rings. The number of hydrogen-bond acceptors (Lipinski definition) is 5. The van der Waals surface area contributed by atoms with E-state index in [-0.39, 0.29) is 0 Å². The highest BCUT2D eigenvalue weighted by atomic mass is 32.2. The summed E-state index contributed by atoms with van der Waals surface area (Å²) >= 11 is 0. The maximum absolute atomic E-state index is 12.8. The molecule has 0 radical (unpaired) electrons. The third kappa shape index (κ3) is 5.39. The maximum atomic E-state index is 12.8. The molecule has 1 unspecified atom stereocenters. The summed E-state index contributed by atoms with van der Waals surface area (Å²) in [5.41, 5.74) is 0. The third-order valence-corrected chi connectivity index (χ3v) is 8.65. The summed E-state index contributed by atoms with van der Waals surface area (Å²) in [7, 11) is -1.54. The van der Waals surface area contributed by atoms with Crippen LogP contribution in [0.15, 0.2) is 40.2 Å². The first-order chi connectivity index (χ1) is 15.1. The van der Waals surface area contributed by atoms with Gasteiger partial charge >= 0.3 is 0 Å². The first-order valence-corrected chi connectivity index (χ1v) is 12.8. The molecule has 3 heterocycles. The second-order valence-electron chi connectivity index (χ2n) is 8.63. The number of likely N-dealkylation sites (tertiary alicyclic amines) is 1. The fraction of sp³-hybridized carbons (Fsp3) is 0.682. The number of aliphatic imine (C=N–C) groups is 1. The van der Waals surface area contributed by atoms with Crippen LogP contribution in [0.3, 0.4) is 0 Å². The van der Waals surface area contributed by atoms with Crippen LogP contribution in [-0.4, -0.2) is 101 Å². The molecule has 172 valence electrons. The predicted molar refractivity (Wildman–Crippen MR) is 122 cm³/mol. The monoisotopic (exact) mass is 449 g/mol. The zero-order chi connectivity index (χ0) is 21.7. The Morgan fingerprint density at radius 3 is 2.45 bits per heavy atom. The van der Waals surface area contributed by atoms with Gasteiger partial charge < -0.3 is 15.0 Å². The standard InChI is InChI=1S/C22H35N5O3S/c1-23-22(26-10-9-20(18-26)25-13-15-30-16-14-25)24-17-19-7-11-27(12-8-19)31(28,29)21-5-3-2-4-6-21/h2-6,19-20H,7-18H2,1H3,(H,23,24). The van der Waals surface area contributed by atoms with E-state index in [0.29, 0.717) is 29.9 Å². The van der Waals surface area contributed by atoms with Crippen molar-refractivity contribution in [2.75, 3.05) is 66.1 Å². The van der Waals surface area contributed by atoms with Crippen molar-refractivity contribution >= 4 is 16.0 Å². The van der Waals surface area contributed by atoms with E-state index >= 15 is 0 Å². The molecule has 9 heteroatoms. The fourth-order valence-electron chi connectivity index (χ4n) is 4.84. The van der Waals surface area contributed by atoms with Gasteiger partial charge in [-0.05, 0) is 37.3 Å². The van der Waals surface area contributed by atoms with Crippen LogP contribution in [0.2, 0.25) is 0 Å². The number of ether oxygens (including phenoxy) is 1. The van der Waals surface area contributed by atoms with E-state index < -0.39 is 10.0 Å². The number of guanidine groups is 1. The van der Waals surface area contributed by atoms with Crippen LogP contribution in [-0.2, 0) is 14.8 Å². The highest BCUT2D eigenvalue weighted by Crippen LogP contribution is 2.23. The average Bonchev–Trinajstić information content (AvgIpc) is 3.31. The number of nitrogens with zero attached hydrogens (tertiary/aromatic N) is 4. The van der Waals surface area contributed by atoms with Crippen molar-refractivity contribution in [3.8, 4) is 0 Å². The molecule has 4 rings (SSSR count). The minimum Gasteiger partial charge on any atom is -0.379 e. The Labute approximate surface area is 186 Å². The lowest BCUT2D eigenvalue weighted by Gasteiger charge is -2.33. The molecular weight excluding hydrogens is 414 g/mol. The van der Waals surface area contributed by atoms with E-state index in [0.717, 1.165) is 71.2 Å². The molecule has 1 aromatic rings. The SMILES string of the molecule is CN=C(NCC1CCN(S(=O)(=O)c2ccccc2)CC1)N1CCC(N2CCOCC2)C1. The number of piperidine rings is 1. The van der Waals surface area contributed by atoms with Gasteiger partial charge in [0.05, 0.1) is 18.1 Å². The molecule has 3 aliphatic heterocycles. The summed E-state index contributed by atoms with van der Waals surface area (Å²) in [4.78, 5) is 9.79. The Balaban J connectivity index is 1.23. The zero-order valence-corrected chi connectivity index (χ0v) is 19.3. The fourth-order valence-corrected chi connectivity index (χ4v) is 6.33. The van der Waals surface area contributed by atoms with Crippen LogP contribution in [0.4, 0.5) is 0 Å². The molecular formula is C22H35N5O3S. The predicted octanol–water partition coefficient (Wildman–Crippen LogP) is 1.07. The van der Waals surface area contributed by atoms with E-state index in [4.69, 9.17) is 4.74 Å². The first-order valence-electron chi connectivity index (χ1n) is 11.4. The Bertz CT molecular complexity index is 834. The van der Waals surface area contributed by atoms with Gasteiger partial charge in [-0.1, -0.05) is 18.2 Å². The van der Waals surface area contributed by atoms with Gasteiger partial charge in [-0.15, -0.1) is 0 Å². The number of rotatable bonds is 5. The number of nitrogens with one attached hydrogen (secondary N) is 1. The van der Waals surface area contributed by atoms with Gasteiger partial charge in [0.15, 0.2) is 5.96 Å². The highest BCUT2D eigenvalue weighted by Gasteiger charge is 2.32. The molecule has 0 spiro atoms. The van der Waals surface area contributed by atoms with Crippen LogP contribution < -0.4 is 5.32 Å². The molecule has 31 heavy (non-hydrogen) atoms. The summed E-state index contributed by atoms with van der Waals surface area (Å²) in [6.45, 7) is 7.73. The van der Waals surface area contributed by atoms with Crippen LogP contribution >= 0.6 is 0 Å². The Kier molecular flexibility index (Phi) is 7.47. The molecule has 0 aromatic heterocycles. The number of benzene rings is 1.